The van der Waals surface area contributed by atoms with Crippen LogP contribution in [0.5, 0.6) is 0 Å². The molecule has 1 aromatic heterocycles. The molecule has 0 radical (unpaired) electrons. The van der Waals surface area contributed by atoms with Crippen molar-refractivity contribution in [2.24, 2.45) is 0 Å². The van der Waals surface area contributed by atoms with E-state index >= 15 is 0 Å². The minimum absolute atomic E-state index is 0.0287. The van der Waals surface area contributed by atoms with Crippen LogP contribution in [0, 0.1) is 19.7 Å². The fourth-order valence-electron chi connectivity index (χ4n) is 3.60. The van der Waals surface area contributed by atoms with Gasteiger partial charge in [-0.1, -0.05) is 35.3 Å². The number of halogens is 3. The third kappa shape index (κ3) is 4.09. The molecular weight excluding hydrogens is 440 g/mol. The topological polar surface area (TPSA) is 54.3 Å². The number of aryl methyl sites for hydroxylation is 1. The second-order valence-electron chi connectivity index (χ2n) is 7.27. The highest BCUT2D eigenvalue weighted by Gasteiger charge is 2.33. The molecule has 1 saturated heterocycles. The Morgan fingerprint density at radius 2 is 1.74 bits per heavy atom. The van der Waals surface area contributed by atoms with Gasteiger partial charge in [0.05, 0.1) is 11.6 Å². The first-order valence-corrected chi connectivity index (χ1v) is 10.2. The fraction of sp³-hybridized carbons (Fsp3) is 0.130. The van der Waals surface area contributed by atoms with Crippen LogP contribution in [-0.4, -0.2) is 21.4 Å². The first-order valence-electron chi connectivity index (χ1n) is 9.48. The van der Waals surface area contributed by atoms with E-state index < -0.39 is 17.8 Å². The number of nitrogens with one attached hydrogen (secondary N) is 1. The first-order chi connectivity index (χ1) is 14.7. The summed E-state index contributed by atoms with van der Waals surface area (Å²) in [5.74, 6) is -0.898. The smallest absolute Gasteiger partial charge is 0.318 e. The van der Waals surface area contributed by atoms with Crippen LogP contribution in [-0.2, 0) is 11.3 Å². The lowest BCUT2D eigenvalue weighted by Gasteiger charge is -2.11. The van der Waals surface area contributed by atoms with E-state index in [2.05, 4.69) is 5.32 Å². The highest BCUT2D eigenvalue weighted by atomic mass is 35.5. The zero-order valence-electron chi connectivity index (χ0n) is 16.7. The molecule has 0 atom stereocenters. The molecular formula is C23H18Cl2FN3O2. The van der Waals surface area contributed by atoms with Crippen molar-refractivity contribution in [2.45, 2.75) is 20.4 Å². The molecule has 4 rings (SSSR count). The molecule has 158 valence electrons. The van der Waals surface area contributed by atoms with E-state index in [1.54, 1.807) is 42.5 Å². The highest BCUT2D eigenvalue weighted by molar-refractivity contribution is 6.31. The number of rotatable bonds is 4. The normalized spacial score (nSPS) is 15.1. The second-order valence-corrected chi connectivity index (χ2v) is 8.11. The van der Waals surface area contributed by atoms with Gasteiger partial charge in [0, 0.05) is 22.1 Å². The molecule has 1 aliphatic heterocycles. The summed E-state index contributed by atoms with van der Waals surface area (Å²) in [5, 5.41) is 3.25. The van der Waals surface area contributed by atoms with Crippen LogP contribution >= 0.6 is 23.2 Å². The number of imide groups is 1. The van der Waals surface area contributed by atoms with Crippen molar-refractivity contribution in [3.8, 4) is 5.69 Å². The van der Waals surface area contributed by atoms with Gasteiger partial charge in [0.15, 0.2) is 0 Å². The van der Waals surface area contributed by atoms with Crippen LogP contribution in [0.4, 0.5) is 9.18 Å². The molecule has 1 aliphatic rings. The molecule has 3 amide bonds. The summed E-state index contributed by atoms with van der Waals surface area (Å²) in [6.45, 7) is 3.92. The molecule has 1 N–H and O–H groups in total. The number of benzene rings is 2. The van der Waals surface area contributed by atoms with Crippen molar-refractivity contribution in [3.05, 3.63) is 92.6 Å². The molecule has 0 bridgehead atoms. The Morgan fingerprint density at radius 1 is 1.03 bits per heavy atom. The van der Waals surface area contributed by atoms with Crippen LogP contribution in [0.1, 0.15) is 22.5 Å². The average Bonchev–Trinajstić information content (AvgIpc) is 3.15. The van der Waals surface area contributed by atoms with Gasteiger partial charge in [0.2, 0.25) is 0 Å². The fourth-order valence-corrected chi connectivity index (χ4v) is 3.90. The van der Waals surface area contributed by atoms with Gasteiger partial charge in [-0.25, -0.2) is 9.18 Å². The summed E-state index contributed by atoms with van der Waals surface area (Å²) >= 11 is 11.8. The number of urea groups is 1. The average molecular weight is 458 g/mol. The van der Waals surface area contributed by atoms with Crippen LogP contribution in [0.2, 0.25) is 10.0 Å². The van der Waals surface area contributed by atoms with Crippen molar-refractivity contribution < 1.29 is 14.0 Å². The minimum Gasteiger partial charge on any atom is -0.318 e. The maximum absolute atomic E-state index is 13.5. The zero-order chi connectivity index (χ0) is 22.3. The van der Waals surface area contributed by atoms with Crippen LogP contribution in [0.25, 0.3) is 11.8 Å². The van der Waals surface area contributed by atoms with Gasteiger partial charge in [-0.15, -0.1) is 0 Å². The summed E-state index contributed by atoms with van der Waals surface area (Å²) in [5.41, 5.74) is 4.15. The van der Waals surface area contributed by atoms with Crippen LogP contribution < -0.4 is 5.32 Å². The molecule has 0 spiro atoms. The van der Waals surface area contributed by atoms with Crippen molar-refractivity contribution >= 4 is 41.2 Å². The van der Waals surface area contributed by atoms with Gasteiger partial charge >= 0.3 is 6.03 Å². The molecule has 5 nitrogen and oxygen atoms in total. The lowest BCUT2D eigenvalue weighted by molar-refractivity contribution is -0.123. The number of carbonyl (C=O) groups excluding carboxylic acids is 2. The van der Waals surface area contributed by atoms with Gasteiger partial charge in [-0.2, -0.15) is 0 Å². The van der Waals surface area contributed by atoms with E-state index in [0.717, 1.165) is 27.4 Å². The van der Waals surface area contributed by atoms with Gasteiger partial charge in [0.1, 0.15) is 11.5 Å². The molecule has 1 fully saturated rings. The minimum atomic E-state index is -0.490. The zero-order valence-corrected chi connectivity index (χ0v) is 18.3. The highest BCUT2D eigenvalue weighted by Crippen LogP contribution is 2.27. The predicted molar refractivity (Wildman–Crippen MR) is 119 cm³/mol. The molecule has 0 aliphatic carbocycles. The first kappa shape index (κ1) is 21.2. The molecule has 31 heavy (non-hydrogen) atoms. The molecule has 2 aromatic carbocycles. The van der Waals surface area contributed by atoms with E-state index in [1.807, 2.05) is 24.5 Å². The second kappa shape index (κ2) is 8.21. The van der Waals surface area contributed by atoms with Gasteiger partial charge in [-0.3, -0.25) is 9.69 Å². The summed E-state index contributed by atoms with van der Waals surface area (Å²) in [4.78, 5) is 26.4. The summed E-state index contributed by atoms with van der Waals surface area (Å²) in [6.07, 6.45) is 1.64. The third-order valence-corrected chi connectivity index (χ3v) is 5.69. The molecule has 0 unspecified atom stereocenters. The third-order valence-electron chi connectivity index (χ3n) is 5.15. The Labute approximate surface area is 188 Å². The van der Waals surface area contributed by atoms with Crippen molar-refractivity contribution in [3.63, 3.8) is 0 Å². The van der Waals surface area contributed by atoms with Crippen LogP contribution in [0.3, 0.4) is 0 Å². The van der Waals surface area contributed by atoms with E-state index in [1.165, 1.54) is 6.07 Å². The maximum Gasteiger partial charge on any atom is 0.329 e. The number of hydrogen-bond acceptors (Lipinski definition) is 2. The van der Waals surface area contributed by atoms with E-state index in [4.69, 9.17) is 23.2 Å². The van der Waals surface area contributed by atoms with Gasteiger partial charge < -0.3 is 9.88 Å². The Balaban J connectivity index is 1.63. The number of amides is 3. The molecule has 2 heterocycles. The van der Waals surface area contributed by atoms with Crippen molar-refractivity contribution in [2.75, 3.05) is 0 Å². The van der Waals surface area contributed by atoms with Crippen molar-refractivity contribution in [1.29, 1.82) is 0 Å². The number of nitrogens with zero attached hydrogens (tertiary/aromatic N) is 2. The Bertz CT molecular complexity index is 1230. The Hall–Kier alpha value is -3.09. The summed E-state index contributed by atoms with van der Waals surface area (Å²) in [6, 6.07) is 12.9. The quantitative estimate of drug-likeness (QED) is 0.407. The monoisotopic (exact) mass is 457 g/mol. The largest absolute Gasteiger partial charge is 0.329 e. The number of carbonyl (C=O) groups is 2. The Morgan fingerprint density at radius 3 is 2.42 bits per heavy atom. The van der Waals surface area contributed by atoms with Gasteiger partial charge in [-0.05, 0) is 67.4 Å². The molecule has 3 aromatic rings. The SMILES string of the molecule is Cc1cc(/C=C2\NC(=O)N(Cc3ccc(Cl)cc3)C2=O)c(C)n1-c1ccc(F)c(Cl)c1. The van der Waals surface area contributed by atoms with Gasteiger partial charge in [0.25, 0.3) is 5.91 Å². The van der Waals surface area contributed by atoms with E-state index in [9.17, 15) is 14.0 Å². The van der Waals surface area contributed by atoms with Crippen molar-refractivity contribution in [1.82, 2.24) is 14.8 Å². The number of aromatic nitrogens is 1. The maximum atomic E-state index is 13.5. The van der Waals surface area contributed by atoms with E-state index in [-0.39, 0.29) is 17.3 Å². The van der Waals surface area contributed by atoms with Crippen LogP contribution in [0.15, 0.2) is 54.2 Å². The molecule has 0 saturated carbocycles. The summed E-state index contributed by atoms with van der Waals surface area (Å²) in [7, 11) is 0. The lowest BCUT2D eigenvalue weighted by Crippen LogP contribution is -2.30. The lowest BCUT2D eigenvalue weighted by atomic mass is 10.2. The summed E-state index contributed by atoms with van der Waals surface area (Å²) < 4.78 is 15.5. The van der Waals surface area contributed by atoms with E-state index in [0.29, 0.717) is 10.7 Å². The predicted octanol–water partition coefficient (Wildman–Crippen LogP) is 5.63. The molecule has 8 heteroatoms. The Kier molecular flexibility index (Phi) is 5.60. The number of hydrogen-bond donors (Lipinski definition) is 1. The standard InChI is InChI=1S/C23H18Cl2FN3O2/c1-13-9-16(14(2)29(13)18-7-8-20(26)19(25)11-18)10-21-22(30)28(23(31)27-21)12-15-3-5-17(24)6-4-15/h3-11H,12H2,1-2H3,(H,27,31)/b21-10-.